The lowest BCUT2D eigenvalue weighted by molar-refractivity contribution is -0.193. The van der Waals surface area contributed by atoms with Gasteiger partial charge in [0.15, 0.2) is 0 Å². The number of carboxylic acids is 2. The third kappa shape index (κ3) is 10.7. The van der Waals surface area contributed by atoms with Gasteiger partial charge >= 0.3 is 24.3 Å². The average Bonchev–Trinajstić information content (AvgIpc) is 3.39. The Hall–Kier alpha value is -1.90. The Balaban J connectivity index is 0.000000362. The molecule has 2 N–H and O–H groups in total. The minimum absolute atomic E-state index is 0.127. The molecule has 3 rings (SSSR count). The molecule has 0 saturated carbocycles. The minimum atomic E-state index is -5.08. The van der Waals surface area contributed by atoms with E-state index in [1.807, 2.05) is 0 Å². The molecule has 2 aliphatic rings. The highest BCUT2D eigenvalue weighted by molar-refractivity contribution is 7.07. The van der Waals surface area contributed by atoms with Gasteiger partial charge in [-0.2, -0.15) is 37.7 Å². The summed E-state index contributed by atoms with van der Waals surface area (Å²) in [6.07, 6.45) is -6.54. The van der Waals surface area contributed by atoms with Crippen LogP contribution in [-0.4, -0.2) is 88.7 Å². The first kappa shape index (κ1) is 31.1. The maximum atomic E-state index is 10.6. The average molecular weight is 537 g/mol. The Labute approximate surface area is 203 Å². The lowest BCUT2D eigenvalue weighted by atomic mass is 9.88. The van der Waals surface area contributed by atoms with E-state index >= 15 is 0 Å². The van der Waals surface area contributed by atoms with Crippen molar-refractivity contribution in [2.45, 2.75) is 63.7 Å². The topological polar surface area (TPSA) is 90.3 Å². The van der Waals surface area contributed by atoms with Crippen LogP contribution in [0.1, 0.15) is 38.7 Å². The summed E-state index contributed by atoms with van der Waals surface area (Å²) >= 11 is 1.80. The van der Waals surface area contributed by atoms with E-state index in [0.717, 1.165) is 38.8 Å². The van der Waals surface area contributed by atoms with Gasteiger partial charge in [0, 0.05) is 32.3 Å². The van der Waals surface area contributed by atoms with Crippen molar-refractivity contribution >= 4 is 23.3 Å². The Bertz CT molecular complexity index is 762. The number of carboxylic acid groups (broad SMARTS) is 2. The number of nitrogens with zero attached hydrogens (tertiary/aromatic N) is 2. The molecular weight excluding hydrogens is 506 g/mol. The van der Waals surface area contributed by atoms with Gasteiger partial charge in [0.25, 0.3) is 0 Å². The van der Waals surface area contributed by atoms with Gasteiger partial charge in [-0.25, -0.2) is 9.59 Å². The zero-order valence-corrected chi connectivity index (χ0v) is 20.2. The fraction of sp³-hybridized carbons (Fsp3) is 0.714. The molecule has 0 aromatic carbocycles. The van der Waals surface area contributed by atoms with Gasteiger partial charge in [-0.3, -0.25) is 4.90 Å². The standard InChI is InChI=1S/C17H28N2OS.2C2HF3O2/c1-3-19(4-2)16-5-9-20-17(11-16)7-8-18(14-17)12-15-6-10-21-13-15;2*3-2(4,5)1(6)7/h6,10,13,16H,3-5,7-9,11-12,14H2,1-2H3;2*(H,6,7)/t16-,17+;;/m0../s1. The normalized spacial score (nSPS) is 22.8. The smallest absolute Gasteiger partial charge is 0.475 e. The van der Waals surface area contributed by atoms with Crippen LogP contribution in [0.5, 0.6) is 0 Å². The summed E-state index contributed by atoms with van der Waals surface area (Å²) in [5.41, 5.74) is 1.58. The molecule has 2 atom stereocenters. The number of rotatable bonds is 5. The van der Waals surface area contributed by atoms with E-state index in [0.29, 0.717) is 0 Å². The van der Waals surface area contributed by atoms with Crippen LogP contribution in [0.3, 0.4) is 0 Å². The molecular formula is C21H30F6N2O5S. The van der Waals surface area contributed by atoms with Gasteiger partial charge in [0.05, 0.1) is 5.60 Å². The number of hydrogen-bond donors (Lipinski definition) is 2. The molecule has 2 fully saturated rings. The summed E-state index contributed by atoms with van der Waals surface area (Å²) < 4.78 is 69.8. The summed E-state index contributed by atoms with van der Waals surface area (Å²) in [6, 6.07) is 2.96. The number of alkyl halides is 6. The second kappa shape index (κ2) is 13.4. The number of likely N-dealkylation sites (tertiary alicyclic amines) is 1. The predicted molar refractivity (Wildman–Crippen MR) is 116 cm³/mol. The molecule has 1 spiro atoms. The highest BCUT2D eigenvalue weighted by Gasteiger charge is 2.44. The van der Waals surface area contributed by atoms with Crippen LogP contribution in [0, 0.1) is 0 Å². The molecule has 1 aromatic rings. The lowest BCUT2D eigenvalue weighted by Crippen LogP contribution is -2.50. The Kier molecular flexibility index (Phi) is 11.9. The molecule has 0 radical (unpaired) electrons. The van der Waals surface area contributed by atoms with Gasteiger partial charge < -0.3 is 19.8 Å². The van der Waals surface area contributed by atoms with Crippen molar-refractivity contribution in [1.29, 1.82) is 0 Å². The first-order chi connectivity index (χ1) is 16.1. The van der Waals surface area contributed by atoms with Gasteiger partial charge in [-0.1, -0.05) is 13.8 Å². The maximum Gasteiger partial charge on any atom is 0.490 e. The molecule has 2 saturated heterocycles. The SMILES string of the molecule is CCN(CC)[C@H]1CCO[C@]2(CCN(Cc3ccsc3)C2)C1.O=C(O)C(F)(F)F.O=C(O)C(F)(F)F. The number of halogens is 6. The van der Waals surface area contributed by atoms with E-state index in [1.54, 1.807) is 11.3 Å². The highest BCUT2D eigenvalue weighted by Crippen LogP contribution is 2.36. The Morgan fingerprint density at radius 2 is 1.69 bits per heavy atom. The molecule has 0 bridgehead atoms. The molecule has 202 valence electrons. The molecule has 1 aromatic heterocycles. The van der Waals surface area contributed by atoms with Gasteiger partial charge in [-0.05, 0) is 54.7 Å². The van der Waals surface area contributed by atoms with Crippen molar-refractivity contribution in [3.05, 3.63) is 22.4 Å². The molecule has 0 unspecified atom stereocenters. The van der Waals surface area contributed by atoms with Crippen LogP contribution in [-0.2, 0) is 20.9 Å². The van der Waals surface area contributed by atoms with E-state index in [-0.39, 0.29) is 5.60 Å². The number of carbonyl (C=O) groups is 2. The number of ether oxygens (including phenoxy) is 1. The van der Waals surface area contributed by atoms with Crippen LogP contribution in [0.2, 0.25) is 0 Å². The first-order valence-electron chi connectivity index (χ1n) is 10.8. The monoisotopic (exact) mass is 536 g/mol. The largest absolute Gasteiger partial charge is 0.490 e. The summed E-state index contributed by atoms with van der Waals surface area (Å²) in [5.74, 6) is -5.51. The third-order valence-corrected chi connectivity index (χ3v) is 6.39. The molecule has 3 heterocycles. The minimum Gasteiger partial charge on any atom is -0.475 e. The van der Waals surface area contributed by atoms with Gasteiger partial charge in [-0.15, -0.1) is 0 Å². The van der Waals surface area contributed by atoms with Crippen molar-refractivity contribution in [1.82, 2.24) is 9.80 Å². The van der Waals surface area contributed by atoms with Crippen molar-refractivity contribution in [3.8, 4) is 0 Å². The molecule has 0 amide bonds. The summed E-state index contributed by atoms with van der Waals surface area (Å²) in [6.45, 7) is 11.2. The fourth-order valence-corrected chi connectivity index (χ4v) is 4.70. The summed E-state index contributed by atoms with van der Waals surface area (Å²) in [5, 5.41) is 18.7. The highest BCUT2D eigenvalue weighted by atomic mass is 32.1. The van der Waals surface area contributed by atoms with Crippen LogP contribution in [0.25, 0.3) is 0 Å². The second-order valence-electron chi connectivity index (χ2n) is 8.10. The van der Waals surface area contributed by atoms with Crippen molar-refractivity contribution in [2.24, 2.45) is 0 Å². The third-order valence-electron chi connectivity index (χ3n) is 5.66. The van der Waals surface area contributed by atoms with E-state index in [4.69, 9.17) is 24.5 Å². The number of hydrogen-bond acceptors (Lipinski definition) is 6. The zero-order valence-electron chi connectivity index (χ0n) is 19.4. The van der Waals surface area contributed by atoms with Crippen LogP contribution in [0.4, 0.5) is 26.3 Å². The van der Waals surface area contributed by atoms with E-state index in [2.05, 4.69) is 40.5 Å². The van der Waals surface area contributed by atoms with Crippen molar-refractivity contribution < 1.29 is 50.9 Å². The zero-order chi connectivity index (χ0) is 26.9. The molecule has 14 heteroatoms. The van der Waals surface area contributed by atoms with Crippen LogP contribution in [0.15, 0.2) is 16.8 Å². The fourth-order valence-electron chi connectivity index (χ4n) is 4.04. The second-order valence-corrected chi connectivity index (χ2v) is 8.88. The van der Waals surface area contributed by atoms with Crippen LogP contribution >= 0.6 is 11.3 Å². The Morgan fingerprint density at radius 1 is 1.14 bits per heavy atom. The number of aliphatic carboxylic acids is 2. The lowest BCUT2D eigenvalue weighted by Gasteiger charge is -2.42. The molecule has 0 aliphatic carbocycles. The maximum absolute atomic E-state index is 10.6. The predicted octanol–water partition coefficient (Wildman–Crippen LogP) is 4.48. The quantitative estimate of drug-likeness (QED) is 0.537. The summed E-state index contributed by atoms with van der Waals surface area (Å²) in [7, 11) is 0. The van der Waals surface area contributed by atoms with E-state index < -0.39 is 24.3 Å². The van der Waals surface area contributed by atoms with Crippen molar-refractivity contribution in [2.75, 3.05) is 32.8 Å². The summed E-state index contributed by atoms with van der Waals surface area (Å²) in [4.78, 5) is 23.0. The number of thiophene rings is 1. The molecule has 35 heavy (non-hydrogen) atoms. The van der Waals surface area contributed by atoms with E-state index in [9.17, 15) is 26.3 Å². The van der Waals surface area contributed by atoms with E-state index in [1.165, 1.54) is 31.4 Å². The molecule has 7 nitrogen and oxygen atoms in total. The Morgan fingerprint density at radius 3 is 2.11 bits per heavy atom. The van der Waals surface area contributed by atoms with Gasteiger partial charge in [0.2, 0.25) is 0 Å². The van der Waals surface area contributed by atoms with Gasteiger partial charge in [0.1, 0.15) is 0 Å². The van der Waals surface area contributed by atoms with Crippen molar-refractivity contribution in [3.63, 3.8) is 0 Å². The first-order valence-corrected chi connectivity index (χ1v) is 11.8. The van der Waals surface area contributed by atoms with Crippen LogP contribution < -0.4 is 0 Å². The molecule has 2 aliphatic heterocycles.